The number of esters is 1. The standard InChI is InChI=1S/C44H82NO7P/c1-6-8-10-12-14-16-18-20-22-23-24-26-28-30-32-34-36-39-49-41-43(42-51-53(47,48)50-40-38-45(3,4)5)52-44(46)37-35-33-31-29-27-25-21-19-17-15-13-11-9-7-2/h13,15-16,18-19,21-23,43H,6-12,14,17,20,24-42H2,1-5H3/p+1/b15-13-,18-16-,21-19-,23-22-. The molecule has 0 bridgehead atoms. The first-order chi connectivity index (χ1) is 25.6. The molecule has 0 heterocycles. The molecule has 0 rings (SSSR count). The van der Waals surface area contributed by atoms with E-state index in [4.69, 9.17) is 18.5 Å². The number of phosphoric acid groups is 1. The van der Waals surface area contributed by atoms with Crippen molar-refractivity contribution in [1.82, 2.24) is 0 Å². The summed E-state index contributed by atoms with van der Waals surface area (Å²) in [6, 6.07) is 0. The highest BCUT2D eigenvalue weighted by Crippen LogP contribution is 2.43. The molecule has 8 nitrogen and oxygen atoms in total. The molecule has 0 aliphatic carbocycles. The quantitative estimate of drug-likeness (QED) is 0.0219. The fourth-order valence-corrected chi connectivity index (χ4v) is 6.22. The Morgan fingerprint density at radius 2 is 1.06 bits per heavy atom. The zero-order chi connectivity index (χ0) is 39.1. The maximum atomic E-state index is 12.7. The molecule has 0 spiro atoms. The van der Waals surface area contributed by atoms with Crippen molar-refractivity contribution in [2.24, 2.45) is 0 Å². The Labute approximate surface area is 327 Å². The van der Waals surface area contributed by atoms with Crippen molar-refractivity contribution >= 4 is 13.8 Å². The summed E-state index contributed by atoms with van der Waals surface area (Å²) in [6.45, 7) is 5.51. The molecule has 9 heteroatoms. The van der Waals surface area contributed by atoms with E-state index in [-0.39, 0.29) is 25.8 Å². The summed E-state index contributed by atoms with van der Waals surface area (Å²) in [7, 11) is 1.64. The van der Waals surface area contributed by atoms with Gasteiger partial charge in [-0.3, -0.25) is 13.8 Å². The molecule has 0 aromatic heterocycles. The molecule has 0 fully saturated rings. The summed E-state index contributed by atoms with van der Waals surface area (Å²) >= 11 is 0. The van der Waals surface area contributed by atoms with Gasteiger partial charge in [0.15, 0.2) is 0 Å². The highest BCUT2D eigenvalue weighted by Gasteiger charge is 2.26. The van der Waals surface area contributed by atoms with Crippen LogP contribution in [0.15, 0.2) is 48.6 Å². The number of hydrogen-bond donors (Lipinski definition) is 1. The van der Waals surface area contributed by atoms with Crippen molar-refractivity contribution in [3.05, 3.63) is 48.6 Å². The van der Waals surface area contributed by atoms with Gasteiger partial charge in [-0.1, -0.05) is 140 Å². The number of ether oxygens (including phenoxy) is 2. The molecule has 0 saturated carbocycles. The van der Waals surface area contributed by atoms with E-state index in [1.807, 2.05) is 21.1 Å². The number of carbonyl (C=O) groups is 1. The van der Waals surface area contributed by atoms with E-state index in [9.17, 15) is 14.3 Å². The van der Waals surface area contributed by atoms with E-state index in [0.29, 0.717) is 24.1 Å². The monoisotopic (exact) mass is 769 g/mol. The van der Waals surface area contributed by atoms with Crippen LogP contribution in [0, 0.1) is 0 Å². The average Bonchev–Trinajstić information content (AvgIpc) is 3.11. The van der Waals surface area contributed by atoms with Crippen LogP contribution < -0.4 is 0 Å². The molecule has 1 N–H and O–H groups in total. The molecule has 0 aliphatic heterocycles. The summed E-state index contributed by atoms with van der Waals surface area (Å²) in [5, 5.41) is 0. The topological polar surface area (TPSA) is 91.3 Å². The zero-order valence-corrected chi connectivity index (χ0v) is 35.9. The molecule has 0 radical (unpaired) electrons. The Morgan fingerprint density at radius 1 is 0.585 bits per heavy atom. The maximum Gasteiger partial charge on any atom is 0.472 e. The molecule has 53 heavy (non-hydrogen) atoms. The van der Waals surface area contributed by atoms with Crippen molar-refractivity contribution in [2.45, 2.75) is 174 Å². The van der Waals surface area contributed by atoms with Gasteiger partial charge in [-0.2, -0.15) is 0 Å². The third-order valence-electron chi connectivity index (χ3n) is 8.86. The van der Waals surface area contributed by atoms with Gasteiger partial charge in [0.1, 0.15) is 19.3 Å². The van der Waals surface area contributed by atoms with Crippen LogP contribution in [0.3, 0.4) is 0 Å². The Balaban J connectivity index is 4.30. The minimum absolute atomic E-state index is 0.0819. The maximum absolute atomic E-state index is 12.7. The normalized spacial score (nSPS) is 14.3. The minimum Gasteiger partial charge on any atom is -0.457 e. The van der Waals surface area contributed by atoms with Gasteiger partial charge in [-0.15, -0.1) is 0 Å². The molecule has 0 aliphatic rings. The Hall–Kier alpha value is -1.54. The van der Waals surface area contributed by atoms with Gasteiger partial charge < -0.3 is 18.9 Å². The van der Waals surface area contributed by atoms with Crippen LogP contribution >= 0.6 is 7.82 Å². The van der Waals surface area contributed by atoms with Crippen LogP contribution in [-0.2, 0) is 27.9 Å². The second-order valence-electron chi connectivity index (χ2n) is 15.4. The predicted molar refractivity (Wildman–Crippen MR) is 224 cm³/mol. The van der Waals surface area contributed by atoms with E-state index >= 15 is 0 Å². The highest BCUT2D eigenvalue weighted by molar-refractivity contribution is 7.47. The van der Waals surface area contributed by atoms with Crippen LogP contribution in [0.2, 0.25) is 0 Å². The molecule has 0 amide bonds. The number of carbonyl (C=O) groups excluding carboxylic acids is 1. The Bertz CT molecular complexity index is 989. The first-order valence-corrected chi connectivity index (χ1v) is 22.9. The number of rotatable bonds is 39. The smallest absolute Gasteiger partial charge is 0.457 e. The van der Waals surface area contributed by atoms with Crippen LogP contribution in [0.4, 0.5) is 0 Å². The van der Waals surface area contributed by atoms with Crippen LogP contribution in [0.25, 0.3) is 0 Å². The van der Waals surface area contributed by atoms with Crippen molar-refractivity contribution in [3.63, 3.8) is 0 Å². The third kappa shape index (κ3) is 41.5. The van der Waals surface area contributed by atoms with Gasteiger partial charge in [0.05, 0.1) is 34.4 Å². The number of nitrogens with zero attached hydrogens (tertiary/aromatic N) is 1. The van der Waals surface area contributed by atoms with Crippen LogP contribution in [0.5, 0.6) is 0 Å². The fourth-order valence-electron chi connectivity index (χ4n) is 5.48. The summed E-state index contributed by atoms with van der Waals surface area (Å²) < 4.78 is 34.9. The van der Waals surface area contributed by atoms with Crippen molar-refractivity contribution in [2.75, 3.05) is 54.1 Å². The number of hydrogen-bond acceptors (Lipinski definition) is 6. The van der Waals surface area contributed by atoms with Gasteiger partial charge in [-0.05, 0) is 70.6 Å². The van der Waals surface area contributed by atoms with Gasteiger partial charge in [0.25, 0.3) is 0 Å². The van der Waals surface area contributed by atoms with Crippen molar-refractivity contribution in [3.8, 4) is 0 Å². The van der Waals surface area contributed by atoms with Gasteiger partial charge in [-0.25, -0.2) is 4.57 Å². The zero-order valence-electron chi connectivity index (χ0n) is 35.0. The molecule has 0 aromatic carbocycles. The average molecular weight is 769 g/mol. The summed E-state index contributed by atoms with van der Waals surface area (Å²) in [4.78, 5) is 22.8. The summed E-state index contributed by atoms with van der Waals surface area (Å²) in [5.74, 6) is -0.333. The largest absolute Gasteiger partial charge is 0.472 e. The SMILES string of the molecule is CCCC/C=C\C/C=C\CCCCCCCC(=O)OC(COCCCCCCCC/C=C\C/C=C\CCCCCC)COP(=O)(O)OCC[N+](C)(C)C. The van der Waals surface area contributed by atoms with Crippen LogP contribution in [-0.4, -0.2) is 75.6 Å². The molecule has 0 aromatic rings. The lowest BCUT2D eigenvalue weighted by Gasteiger charge is -2.24. The third-order valence-corrected chi connectivity index (χ3v) is 9.85. The molecular formula is C44H83NO7P+. The lowest BCUT2D eigenvalue weighted by atomic mass is 10.1. The highest BCUT2D eigenvalue weighted by atomic mass is 31.2. The van der Waals surface area contributed by atoms with Gasteiger partial charge in [0, 0.05) is 13.0 Å². The molecular weight excluding hydrogens is 685 g/mol. The molecule has 0 saturated heterocycles. The second-order valence-corrected chi connectivity index (χ2v) is 16.8. The van der Waals surface area contributed by atoms with E-state index in [2.05, 4.69) is 62.5 Å². The first-order valence-electron chi connectivity index (χ1n) is 21.4. The Morgan fingerprint density at radius 3 is 1.58 bits per heavy atom. The van der Waals surface area contributed by atoms with Gasteiger partial charge in [0.2, 0.25) is 0 Å². The fraction of sp³-hybridized carbons (Fsp3) is 0.795. The number of allylic oxidation sites excluding steroid dienone is 8. The molecule has 2 atom stereocenters. The molecule has 310 valence electrons. The minimum atomic E-state index is -4.28. The Kier molecular flexibility index (Phi) is 36.3. The van der Waals surface area contributed by atoms with Gasteiger partial charge >= 0.3 is 13.8 Å². The first kappa shape index (κ1) is 51.5. The number of quaternary nitrogens is 1. The summed E-state index contributed by atoms with van der Waals surface area (Å²) in [5.41, 5.74) is 0. The number of likely N-dealkylation sites (N-methyl/N-ethyl adjacent to an activating group) is 1. The second kappa shape index (κ2) is 37.4. The van der Waals surface area contributed by atoms with Crippen molar-refractivity contribution < 1.29 is 37.3 Å². The molecule has 2 unspecified atom stereocenters. The summed E-state index contributed by atoms with van der Waals surface area (Å²) in [6.07, 6.45) is 44.2. The number of unbranched alkanes of at least 4 members (excludes halogenated alkanes) is 17. The lowest BCUT2D eigenvalue weighted by molar-refractivity contribution is -0.870. The van der Waals surface area contributed by atoms with Crippen molar-refractivity contribution in [1.29, 1.82) is 0 Å². The van der Waals surface area contributed by atoms with Crippen LogP contribution in [0.1, 0.15) is 168 Å². The number of phosphoric ester groups is 1. The van der Waals surface area contributed by atoms with E-state index in [1.54, 1.807) is 0 Å². The lowest BCUT2D eigenvalue weighted by Crippen LogP contribution is -2.37. The van der Waals surface area contributed by atoms with E-state index in [1.165, 1.54) is 77.0 Å². The van der Waals surface area contributed by atoms with E-state index < -0.39 is 13.9 Å². The van der Waals surface area contributed by atoms with E-state index in [0.717, 1.165) is 70.6 Å². The predicted octanol–water partition coefficient (Wildman–Crippen LogP) is 12.4.